The number of hydrogen-bond donors (Lipinski definition) is 1. The van der Waals surface area contributed by atoms with Crippen LogP contribution in [0.5, 0.6) is 0 Å². The van der Waals surface area contributed by atoms with Crippen molar-refractivity contribution >= 4 is 0 Å². The van der Waals surface area contributed by atoms with E-state index in [1.165, 1.54) is 25.7 Å². The van der Waals surface area contributed by atoms with Crippen LogP contribution in [-0.2, 0) is 4.74 Å². The zero-order chi connectivity index (χ0) is 8.44. The van der Waals surface area contributed by atoms with Crippen molar-refractivity contribution in [2.24, 2.45) is 5.92 Å². The van der Waals surface area contributed by atoms with E-state index in [0.29, 0.717) is 0 Å². The summed E-state index contributed by atoms with van der Waals surface area (Å²) in [4.78, 5) is 0. The Bertz CT molecular complexity index is 152. The average Bonchev–Trinajstić information content (AvgIpc) is 2.49. The number of rotatable bonds is 1. The minimum Gasteiger partial charge on any atom is -0.372 e. The van der Waals surface area contributed by atoms with Crippen molar-refractivity contribution < 1.29 is 4.74 Å². The topological polar surface area (TPSA) is 21.3 Å². The quantitative estimate of drug-likeness (QED) is 0.643. The minimum atomic E-state index is 0.229. The van der Waals surface area contributed by atoms with E-state index in [-0.39, 0.29) is 5.60 Å². The van der Waals surface area contributed by atoms with Crippen LogP contribution in [0.3, 0.4) is 0 Å². The molecule has 2 aliphatic rings. The summed E-state index contributed by atoms with van der Waals surface area (Å²) < 4.78 is 5.97. The van der Waals surface area contributed by atoms with Crippen LogP contribution < -0.4 is 5.32 Å². The lowest BCUT2D eigenvalue weighted by Gasteiger charge is -2.39. The second-order valence-electron chi connectivity index (χ2n) is 4.09. The van der Waals surface area contributed by atoms with Crippen LogP contribution in [0, 0.1) is 5.92 Å². The van der Waals surface area contributed by atoms with Crippen LogP contribution in [0.1, 0.15) is 32.6 Å². The molecule has 2 nitrogen and oxygen atoms in total. The molecular formula is C10H19NO. The van der Waals surface area contributed by atoms with Crippen molar-refractivity contribution in [3.05, 3.63) is 0 Å². The van der Waals surface area contributed by atoms with Gasteiger partial charge in [-0.25, -0.2) is 0 Å². The first-order valence-corrected chi connectivity index (χ1v) is 5.22. The SMILES string of the molecule is CCC1CCCC12CNCCO2. The molecule has 1 aliphatic carbocycles. The highest BCUT2D eigenvalue weighted by molar-refractivity contribution is 4.96. The molecule has 1 heterocycles. The van der Waals surface area contributed by atoms with E-state index in [0.717, 1.165) is 25.6 Å². The Labute approximate surface area is 74.7 Å². The van der Waals surface area contributed by atoms with Gasteiger partial charge in [0.05, 0.1) is 12.2 Å². The van der Waals surface area contributed by atoms with Gasteiger partial charge >= 0.3 is 0 Å². The van der Waals surface area contributed by atoms with Crippen LogP contribution in [0.2, 0.25) is 0 Å². The molecular weight excluding hydrogens is 150 g/mol. The highest BCUT2D eigenvalue weighted by Gasteiger charge is 2.43. The van der Waals surface area contributed by atoms with Crippen molar-refractivity contribution in [2.45, 2.75) is 38.2 Å². The predicted molar refractivity (Wildman–Crippen MR) is 49.2 cm³/mol. The van der Waals surface area contributed by atoms with Crippen molar-refractivity contribution in [1.82, 2.24) is 5.32 Å². The van der Waals surface area contributed by atoms with Gasteiger partial charge in [0.1, 0.15) is 0 Å². The molecule has 1 aliphatic heterocycles. The second-order valence-corrected chi connectivity index (χ2v) is 4.09. The average molecular weight is 169 g/mol. The first-order chi connectivity index (χ1) is 5.87. The Hall–Kier alpha value is -0.0800. The van der Waals surface area contributed by atoms with E-state index in [2.05, 4.69) is 12.2 Å². The Morgan fingerprint density at radius 1 is 1.58 bits per heavy atom. The number of hydrogen-bond acceptors (Lipinski definition) is 2. The minimum absolute atomic E-state index is 0.229. The lowest BCUT2D eigenvalue weighted by Crippen LogP contribution is -2.51. The van der Waals surface area contributed by atoms with Gasteiger partial charge in [0.15, 0.2) is 0 Å². The van der Waals surface area contributed by atoms with Crippen molar-refractivity contribution in [1.29, 1.82) is 0 Å². The van der Waals surface area contributed by atoms with Crippen LogP contribution in [0.4, 0.5) is 0 Å². The zero-order valence-corrected chi connectivity index (χ0v) is 7.94. The maximum absolute atomic E-state index is 5.97. The Kier molecular flexibility index (Phi) is 2.37. The zero-order valence-electron chi connectivity index (χ0n) is 7.94. The summed E-state index contributed by atoms with van der Waals surface area (Å²) in [5.41, 5.74) is 0.229. The summed E-state index contributed by atoms with van der Waals surface area (Å²) in [5, 5.41) is 3.46. The van der Waals surface area contributed by atoms with E-state index in [9.17, 15) is 0 Å². The van der Waals surface area contributed by atoms with Gasteiger partial charge < -0.3 is 10.1 Å². The third-order valence-corrected chi connectivity index (χ3v) is 3.48. The summed E-state index contributed by atoms with van der Waals surface area (Å²) in [5.74, 6) is 0.810. The smallest absolute Gasteiger partial charge is 0.0834 e. The molecule has 0 aromatic rings. The fraction of sp³-hybridized carbons (Fsp3) is 1.00. The Morgan fingerprint density at radius 2 is 2.50 bits per heavy atom. The molecule has 12 heavy (non-hydrogen) atoms. The second kappa shape index (κ2) is 3.35. The fourth-order valence-electron chi connectivity index (χ4n) is 2.79. The molecule has 70 valence electrons. The number of nitrogens with one attached hydrogen (secondary N) is 1. The number of ether oxygens (including phenoxy) is 1. The van der Waals surface area contributed by atoms with Gasteiger partial charge in [0.25, 0.3) is 0 Å². The van der Waals surface area contributed by atoms with E-state index in [4.69, 9.17) is 4.74 Å². The molecule has 2 heteroatoms. The maximum Gasteiger partial charge on any atom is 0.0834 e. The van der Waals surface area contributed by atoms with Crippen LogP contribution in [-0.4, -0.2) is 25.3 Å². The molecule has 0 amide bonds. The van der Waals surface area contributed by atoms with Crippen LogP contribution in [0.25, 0.3) is 0 Å². The molecule has 2 unspecified atom stereocenters. The van der Waals surface area contributed by atoms with Gasteiger partial charge in [-0.05, 0) is 18.8 Å². The van der Waals surface area contributed by atoms with E-state index in [1.807, 2.05) is 0 Å². The summed E-state index contributed by atoms with van der Waals surface area (Å²) in [6.07, 6.45) is 5.29. The molecule has 1 spiro atoms. The summed E-state index contributed by atoms with van der Waals surface area (Å²) in [7, 11) is 0. The largest absolute Gasteiger partial charge is 0.372 e. The predicted octanol–water partition coefficient (Wildman–Crippen LogP) is 1.56. The molecule has 0 radical (unpaired) electrons. The normalized spacial score (nSPS) is 42.2. The lowest BCUT2D eigenvalue weighted by atomic mass is 9.87. The molecule has 2 atom stereocenters. The van der Waals surface area contributed by atoms with Gasteiger partial charge in [-0.15, -0.1) is 0 Å². The highest BCUT2D eigenvalue weighted by atomic mass is 16.5. The van der Waals surface area contributed by atoms with Gasteiger partial charge in [-0.3, -0.25) is 0 Å². The van der Waals surface area contributed by atoms with Crippen LogP contribution in [0.15, 0.2) is 0 Å². The molecule has 1 N–H and O–H groups in total. The monoisotopic (exact) mass is 169 g/mol. The molecule has 0 bridgehead atoms. The molecule has 0 aromatic carbocycles. The number of morpholine rings is 1. The first-order valence-electron chi connectivity index (χ1n) is 5.22. The molecule has 1 saturated heterocycles. The standard InChI is InChI=1S/C10H19NO/c1-2-9-4-3-5-10(9)8-11-6-7-12-10/h9,11H,2-8H2,1H3. The third kappa shape index (κ3) is 1.27. The molecule has 2 rings (SSSR count). The van der Waals surface area contributed by atoms with Crippen LogP contribution >= 0.6 is 0 Å². The summed E-state index contributed by atoms with van der Waals surface area (Å²) in [6.45, 7) is 5.33. The maximum atomic E-state index is 5.97. The summed E-state index contributed by atoms with van der Waals surface area (Å²) in [6, 6.07) is 0. The van der Waals surface area contributed by atoms with Crippen molar-refractivity contribution in [3.8, 4) is 0 Å². The fourth-order valence-corrected chi connectivity index (χ4v) is 2.79. The van der Waals surface area contributed by atoms with Crippen molar-refractivity contribution in [3.63, 3.8) is 0 Å². The van der Waals surface area contributed by atoms with Gasteiger partial charge in [-0.1, -0.05) is 19.8 Å². The molecule has 0 aromatic heterocycles. The molecule has 1 saturated carbocycles. The first kappa shape index (κ1) is 8.52. The van der Waals surface area contributed by atoms with E-state index >= 15 is 0 Å². The Balaban J connectivity index is 2.05. The lowest BCUT2D eigenvalue weighted by molar-refractivity contribution is -0.0910. The third-order valence-electron chi connectivity index (χ3n) is 3.48. The van der Waals surface area contributed by atoms with Gasteiger partial charge in [-0.2, -0.15) is 0 Å². The Morgan fingerprint density at radius 3 is 3.17 bits per heavy atom. The summed E-state index contributed by atoms with van der Waals surface area (Å²) >= 11 is 0. The highest BCUT2D eigenvalue weighted by Crippen LogP contribution is 2.41. The van der Waals surface area contributed by atoms with Crippen molar-refractivity contribution in [2.75, 3.05) is 19.7 Å². The van der Waals surface area contributed by atoms with E-state index in [1.54, 1.807) is 0 Å². The molecule has 2 fully saturated rings. The van der Waals surface area contributed by atoms with E-state index < -0.39 is 0 Å². The van der Waals surface area contributed by atoms with Gasteiger partial charge in [0.2, 0.25) is 0 Å². The van der Waals surface area contributed by atoms with Gasteiger partial charge in [0, 0.05) is 13.1 Å².